The summed E-state index contributed by atoms with van der Waals surface area (Å²) in [5, 5.41) is 6.64. The first-order valence-corrected chi connectivity index (χ1v) is 14.7. The van der Waals surface area contributed by atoms with Crippen LogP contribution in [0.4, 0.5) is 24.8 Å². The number of nitrogens with two attached hydrogens (primary N) is 1. The van der Waals surface area contributed by atoms with Crippen LogP contribution in [0.5, 0.6) is 0 Å². The summed E-state index contributed by atoms with van der Waals surface area (Å²) in [5.74, 6) is 0.630. The van der Waals surface area contributed by atoms with Gasteiger partial charge >= 0.3 is 6.18 Å². The Balaban J connectivity index is 1.15. The molecule has 2 saturated heterocycles. The first-order valence-electron chi connectivity index (χ1n) is 14.7. The topological polar surface area (TPSA) is 123 Å². The van der Waals surface area contributed by atoms with E-state index in [1.54, 1.807) is 30.5 Å². The summed E-state index contributed by atoms with van der Waals surface area (Å²) >= 11 is 0. The van der Waals surface area contributed by atoms with E-state index in [1.807, 2.05) is 15.5 Å². The van der Waals surface area contributed by atoms with E-state index in [0.29, 0.717) is 54.4 Å². The number of rotatable bonds is 5. The fraction of sp³-hybridized carbons (Fsp3) is 0.433. The molecule has 1 aliphatic carbocycles. The predicted octanol–water partition coefficient (Wildman–Crippen LogP) is 5.43. The van der Waals surface area contributed by atoms with Crippen LogP contribution in [0.25, 0.3) is 16.8 Å². The Morgan fingerprint density at radius 1 is 1.02 bits per heavy atom. The maximum atomic E-state index is 13.7. The van der Waals surface area contributed by atoms with Crippen molar-refractivity contribution in [2.24, 2.45) is 0 Å². The second kappa shape index (κ2) is 10.4. The zero-order valence-electron chi connectivity index (χ0n) is 23.3. The van der Waals surface area contributed by atoms with Gasteiger partial charge in [0.15, 0.2) is 5.82 Å². The first-order chi connectivity index (χ1) is 20.7. The molecular formula is C30H31F3N8O2. The lowest BCUT2D eigenvalue weighted by Crippen LogP contribution is -2.41. The Labute approximate surface area is 245 Å². The number of piperidine rings is 1. The normalized spacial score (nSPS) is 21.1. The van der Waals surface area contributed by atoms with Crippen LogP contribution in [0, 0.1) is 0 Å². The number of alkyl halides is 3. The summed E-state index contributed by atoms with van der Waals surface area (Å²) in [6.45, 7) is 0.607. The molecule has 0 unspecified atom stereocenters. The van der Waals surface area contributed by atoms with Gasteiger partial charge in [-0.2, -0.15) is 18.3 Å². The molecule has 4 aromatic rings. The van der Waals surface area contributed by atoms with Gasteiger partial charge in [-0.25, -0.2) is 9.97 Å². The Morgan fingerprint density at radius 2 is 1.79 bits per heavy atom. The number of nitrogen functional groups attached to an aromatic ring is 1. The third-order valence-corrected chi connectivity index (χ3v) is 9.05. The molecule has 0 spiro atoms. The van der Waals surface area contributed by atoms with Crippen molar-refractivity contribution in [2.45, 2.75) is 75.5 Å². The Kier molecular flexibility index (Phi) is 6.62. The van der Waals surface area contributed by atoms with Crippen molar-refractivity contribution < 1.29 is 22.8 Å². The summed E-state index contributed by atoms with van der Waals surface area (Å²) in [6.07, 6.45) is 5.14. The summed E-state index contributed by atoms with van der Waals surface area (Å²) < 4.78 is 44.1. The number of halogens is 3. The van der Waals surface area contributed by atoms with Gasteiger partial charge in [-0.1, -0.05) is 25.0 Å². The van der Waals surface area contributed by atoms with Gasteiger partial charge in [-0.15, -0.1) is 0 Å². The number of carbonyl (C=O) groups is 2. The quantitative estimate of drug-likeness (QED) is 0.319. The monoisotopic (exact) mass is 592 g/mol. The lowest BCUT2D eigenvalue weighted by molar-refractivity contribution is -0.145. The number of aromatic nitrogens is 5. The molecule has 10 nitrogen and oxygen atoms in total. The average molecular weight is 593 g/mol. The minimum atomic E-state index is -4.58. The minimum Gasteiger partial charge on any atom is -0.382 e. The van der Waals surface area contributed by atoms with Crippen molar-refractivity contribution in [1.29, 1.82) is 0 Å². The molecule has 1 saturated carbocycles. The predicted molar refractivity (Wildman–Crippen MR) is 152 cm³/mol. The highest BCUT2D eigenvalue weighted by Crippen LogP contribution is 2.39. The number of amides is 2. The lowest BCUT2D eigenvalue weighted by Gasteiger charge is -2.34. The summed E-state index contributed by atoms with van der Waals surface area (Å²) in [4.78, 5) is 36.7. The second-order valence-corrected chi connectivity index (χ2v) is 11.7. The zero-order chi connectivity index (χ0) is 29.9. The molecule has 0 bridgehead atoms. The van der Waals surface area contributed by atoms with Gasteiger partial charge in [0.25, 0.3) is 5.91 Å². The molecule has 3 N–H and O–H groups in total. The molecule has 224 valence electrons. The summed E-state index contributed by atoms with van der Waals surface area (Å²) in [6, 6.07) is 7.51. The van der Waals surface area contributed by atoms with Gasteiger partial charge in [-0.05, 0) is 44.2 Å². The Morgan fingerprint density at radius 3 is 2.53 bits per heavy atom. The number of nitrogens with one attached hydrogen (secondary N) is 1. The van der Waals surface area contributed by atoms with Crippen LogP contribution in [0.3, 0.4) is 0 Å². The summed E-state index contributed by atoms with van der Waals surface area (Å²) in [5.41, 5.74) is 7.66. The molecule has 3 aliphatic rings. The third-order valence-electron chi connectivity index (χ3n) is 9.05. The van der Waals surface area contributed by atoms with E-state index in [1.165, 1.54) is 0 Å². The zero-order valence-corrected chi connectivity index (χ0v) is 23.3. The standard InChI is InChI=1S/C30H31F3N8O2/c31-30(32,33)22-15-23(38-41(22)21-3-1-2-4-21)36-29(43)18-7-5-17(6-8-18)25-26-27(34)35-13-14-39(26)28(37-25)19-9-10-20-11-12-24(42)40(20)16-19/h5-8,13-15,19-21H,1-4,9-12,16H2,(H2,34,35)(H,36,38,43)/t19-,20+/m1/s1. The van der Waals surface area contributed by atoms with Gasteiger partial charge in [0.2, 0.25) is 5.91 Å². The Hall–Kier alpha value is -4.42. The fourth-order valence-electron chi connectivity index (χ4n) is 6.92. The maximum absolute atomic E-state index is 13.7. The van der Waals surface area contributed by atoms with E-state index >= 15 is 0 Å². The number of anilines is 2. The van der Waals surface area contributed by atoms with Crippen molar-refractivity contribution in [3.05, 3.63) is 59.8 Å². The molecule has 2 aliphatic heterocycles. The molecule has 3 aromatic heterocycles. The van der Waals surface area contributed by atoms with Crippen molar-refractivity contribution in [1.82, 2.24) is 29.0 Å². The van der Waals surface area contributed by atoms with Gasteiger partial charge in [0, 0.05) is 54.5 Å². The third kappa shape index (κ3) is 4.90. The average Bonchev–Trinajstić information content (AvgIpc) is 3.79. The van der Waals surface area contributed by atoms with Crippen LogP contribution in [0.2, 0.25) is 0 Å². The first kappa shape index (κ1) is 27.4. The van der Waals surface area contributed by atoms with Crippen LogP contribution >= 0.6 is 0 Å². The molecule has 13 heteroatoms. The molecular weight excluding hydrogens is 561 g/mol. The number of hydrogen-bond acceptors (Lipinski definition) is 6. The van der Waals surface area contributed by atoms with Crippen molar-refractivity contribution in [2.75, 3.05) is 17.6 Å². The molecule has 2 amide bonds. The minimum absolute atomic E-state index is 0.0389. The highest BCUT2D eigenvalue weighted by atomic mass is 19.4. The van der Waals surface area contributed by atoms with E-state index in [-0.39, 0.29) is 29.2 Å². The van der Waals surface area contributed by atoms with Crippen LogP contribution in [0.15, 0.2) is 42.7 Å². The SMILES string of the molecule is Nc1nccn2c([C@@H]3CC[C@H]4CCC(=O)N4C3)nc(-c3ccc(C(=O)Nc4cc(C(F)(F)F)n(C5CCCC5)n4)cc3)c12. The summed E-state index contributed by atoms with van der Waals surface area (Å²) in [7, 11) is 0. The van der Waals surface area contributed by atoms with Gasteiger partial charge in [-0.3, -0.25) is 18.7 Å². The number of fused-ring (bicyclic) bond motifs is 2. The number of benzene rings is 1. The number of carbonyl (C=O) groups excluding carboxylic acids is 2. The molecule has 1 aromatic carbocycles. The van der Waals surface area contributed by atoms with Crippen molar-refractivity contribution >= 4 is 29.0 Å². The van der Waals surface area contributed by atoms with Crippen LogP contribution in [0.1, 0.15) is 85.2 Å². The van der Waals surface area contributed by atoms with Crippen LogP contribution in [-0.4, -0.2) is 53.5 Å². The number of imidazole rings is 1. The molecule has 3 fully saturated rings. The molecule has 2 atom stereocenters. The molecule has 7 rings (SSSR count). The van der Waals surface area contributed by atoms with Crippen LogP contribution < -0.4 is 11.1 Å². The van der Waals surface area contributed by atoms with E-state index in [0.717, 1.165) is 48.7 Å². The van der Waals surface area contributed by atoms with Crippen molar-refractivity contribution in [3.8, 4) is 11.3 Å². The van der Waals surface area contributed by atoms with E-state index in [4.69, 9.17) is 10.7 Å². The van der Waals surface area contributed by atoms with Crippen LogP contribution in [-0.2, 0) is 11.0 Å². The number of nitrogens with zero attached hydrogens (tertiary/aromatic N) is 6. The fourth-order valence-corrected chi connectivity index (χ4v) is 6.92. The van der Waals surface area contributed by atoms with Gasteiger partial charge in [0.05, 0.1) is 6.04 Å². The molecule has 43 heavy (non-hydrogen) atoms. The number of hydrogen-bond donors (Lipinski definition) is 2. The highest BCUT2D eigenvalue weighted by Gasteiger charge is 2.39. The van der Waals surface area contributed by atoms with Crippen molar-refractivity contribution in [3.63, 3.8) is 0 Å². The van der Waals surface area contributed by atoms with Gasteiger partial charge < -0.3 is 16.0 Å². The van der Waals surface area contributed by atoms with Gasteiger partial charge in [0.1, 0.15) is 28.5 Å². The molecule has 5 heterocycles. The van der Waals surface area contributed by atoms with E-state index in [9.17, 15) is 22.8 Å². The molecule has 0 radical (unpaired) electrons. The second-order valence-electron chi connectivity index (χ2n) is 11.7. The smallest absolute Gasteiger partial charge is 0.382 e. The maximum Gasteiger partial charge on any atom is 0.433 e. The van der Waals surface area contributed by atoms with E-state index < -0.39 is 17.8 Å². The largest absolute Gasteiger partial charge is 0.433 e. The van der Waals surface area contributed by atoms with E-state index in [2.05, 4.69) is 15.4 Å². The highest BCUT2D eigenvalue weighted by molar-refractivity contribution is 6.04. The lowest BCUT2D eigenvalue weighted by atomic mass is 9.92. The Bertz CT molecular complexity index is 1700.